The monoisotopic (exact) mass is 613 g/mol. The number of amides is 1. The van der Waals surface area contributed by atoms with Gasteiger partial charge < -0.3 is 20.3 Å². The quantitative estimate of drug-likeness (QED) is 0.381. The molecule has 242 valence electrons. The van der Waals surface area contributed by atoms with Crippen molar-refractivity contribution in [3.8, 4) is 0 Å². The molecule has 0 unspecified atom stereocenters. The first-order chi connectivity index (χ1) is 20.8. The Morgan fingerprint density at radius 1 is 1.02 bits per heavy atom. The van der Waals surface area contributed by atoms with Gasteiger partial charge in [0.1, 0.15) is 5.60 Å². The molecule has 0 aromatic rings. The Bertz CT molecular complexity index is 1280. The molecule has 6 aliphatic rings. The average molecular weight is 614 g/mol. The molecule has 6 aliphatic carbocycles. The summed E-state index contributed by atoms with van der Waals surface area (Å²) < 4.78 is 22.9. The number of aliphatic hydroxyl groups is 2. The van der Waals surface area contributed by atoms with E-state index in [1.807, 2.05) is 0 Å². The maximum absolute atomic E-state index is 17.4. The molecule has 8 nitrogen and oxygen atoms in total. The van der Waals surface area contributed by atoms with Crippen molar-refractivity contribution < 1.29 is 38.5 Å². The highest BCUT2D eigenvalue weighted by atomic mass is 19.1. The molecule has 5 saturated carbocycles. The third-order valence-corrected chi connectivity index (χ3v) is 13.1. The first-order valence-corrected chi connectivity index (χ1v) is 16.8. The summed E-state index contributed by atoms with van der Waals surface area (Å²) in [6.07, 6.45) is 10.7. The number of ether oxygens (including phenoxy) is 1. The van der Waals surface area contributed by atoms with Crippen LogP contribution >= 0.6 is 0 Å². The van der Waals surface area contributed by atoms with E-state index in [0.717, 1.165) is 25.7 Å². The first-order valence-electron chi connectivity index (χ1n) is 16.8. The second-order valence-electron chi connectivity index (χ2n) is 15.2. The van der Waals surface area contributed by atoms with Crippen molar-refractivity contribution in [2.45, 2.75) is 121 Å². The summed E-state index contributed by atoms with van der Waals surface area (Å²) in [5.41, 5.74) is -5.53. The third-order valence-electron chi connectivity index (χ3n) is 13.1. The van der Waals surface area contributed by atoms with Crippen LogP contribution in [0.5, 0.6) is 0 Å². The van der Waals surface area contributed by atoms with E-state index in [1.54, 1.807) is 26.8 Å². The van der Waals surface area contributed by atoms with E-state index in [1.165, 1.54) is 12.2 Å². The van der Waals surface area contributed by atoms with Gasteiger partial charge in [-0.15, -0.1) is 0 Å². The molecule has 5 fully saturated rings. The number of hydrogen-bond acceptors (Lipinski definition) is 7. The van der Waals surface area contributed by atoms with Gasteiger partial charge in [-0.3, -0.25) is 19.2 Å². The van der Waals surface area contributed by atoms with Gasteiger partial charge in [-0.25, -0.2) is 4.39 Å². The number of allylic oxidation sites excluding steroid dienone is 4. The Kier molecular flexibility index (Phi) is 8.00. The normalized spacial score (nSPS) is 45.1. The maximum Gasteiger partial charge on any atom is 0.309 e. The van der Waals surface area contributed by atoms with Crippen molar-refractivity contribution >= 4 is 23.4 Å². The minimum atomic E-state index is -2.05. The van der Waals surface area contributed by atoms with E-state index in [9.17, 15) is 29.4 Å². The molecule has 9 heteroatoms. The summed E-state index contributed by atoms with van der Waals surface area (Å²) in [6, 6.07) is 0.262. The van der Waals surface area contributed by atoms with Crippen molar-refractivity contribution in [1.82, 2.24) is 5.32 Å². The van der Waals surface area contributed by atoms with Gasteiger partial charge in [-0.2, -0.15) is 0 Å². The van der Waals surface area contributed by atoms with Gasteiger partial charge in [0.25, 0.3) is 0 Å². The number of hydrogen-bond donors (Lipinski definition) is 3. The molecular weight excluding hydrogens is 565 g/mol. The van der Waals surface area contributed by atoms with Gasteiger partial charge in [0.15, 0.2) is 18.1 Å². The van der Waals surface area contributed by atoms with Crippen LogP contribution < -0.4 is 5.32 Å². The lowest BCUT2D eigenvalue weighted by Crippen LogP contribution is -2.69. The molecule has 0 saturated heterocycles. The lowest BCUT2D eigenvalue weighted by Gasteiger charge is -2.62. The molecule has 44 heavy (non-hydrogen) atoms. The van der Waals surface area contributed by atoms with Crippen LogP contribution in [0, 0.1) is 40.4 Å². The standard InChI is InChI=1S/C35H48FNO7/c1-20-16-27-26-13-12-23-17-25(38)14-15-32(23,2)34(26,36)28(39)18-33(27,3)35(20,43)29(40)19-44-31(42)22-10-8-21(9-11-22)30(41)37-24-6-4-5-7-24/h14-15,17,20-22,24,26-28,39,43H,4-13,16,18-19H2,1-3H3,(H,37,41)/t20-,21?,22?,26+,27+,28+,32+,33+,34+,35+/m1/s1. The number of ketones is 2. The minimum absolute atomic E-state index is 0.0679. The lowest BCUT2D eigenvalue weighted by molar-refractivity contribution is -0.220. The van der Waals surface area contributed by atoms with Crippen molar-refractivity contribution in [2.24, 2.45) is 40.4 Å². The number of carbonyl (C=O) groups excluding carboxylic acids is 4. The Morgan fingerprint density at radius 2 is 1.68 bits per heavy atom. The fraction of sp³-hybridized carbons (Fsp3) is 0.771. The molecule has 0 bridgehead atoms. The lowest BCUT2D eigenvalue weighted by atomic mass is 9.44. The molecule has 0 heterocycles. The SMILES string of the molecule is C[C@@H]1C[C@H]2[C@@H]3CCC4=CC(=O)C=C[C@]4(C)[C@@]3(F)[C@@H](O)C[C@]2(C)[C@@]1(O)C(=O)COC(=O)C1CCC(C(=O)NC2CCCC2)CC1. The van der Waals surface area contributed by atoms with Crippen LogP contribution in [0.25, 0.3) is 0 Å². The number of nitrogens with one attached hydrogen (secondary N) is 1. The minimum Gasteiger partial charge on any atom is -0.457 e. The fourth-order valence-corrected chi connectivity index (χ4v) is 10.5. The Balaban J connectivity index is 1.11. The molecule has 8 atom stereocenters. The highest BCUT2D eigenvalue weighted by Gasteiger charge is 2.75. The third kappa shape index (κ3) is 4.57. The second-order valence-corrected chi connectivity index (χ2v) is 15.2. The van der Waals surface area contributed by atoms with Crippen molar-refractivity contribution in [3.05, 3.63) is 23.8 Å². The van der Waals surface area contributed by atoms with Crippen LogP contribution in [-0.2, 0) is 23.9 Å². The van der Waals surface area contributed by atoms with Gasteiger partial charge in [0.2, 0.25) is 11.7 Å². The van der Waals surface area contributed by atoms with Crippen LogP contribution in [0.3, 0.4) is 0 Å². The second kappa shape index (κ2) is 11.1. The van der Waals surface area contributed by atoms with Gasteiger partial charge in [-0.1, -0.05) is 38.3 Å². The van der Waals surface area contributed by atoms with Gasteiger partial charge in [0.05, 0.1) is 12.0 Å². The Labute approximate surface area is 259 Å². The predicted molar refractivity (Wildman–Crippen MR) is 160 cm³/mol. The highest BCUT2D eigenvalue weighted by Crippen LogP contribution is 2.70. The fourth-order valence-electron chi connectivity index (χ4n) is 10.5. The zero-order chi connectivity index (χ0) is 31.7. The molecule has 0 aromatic heterocycles. The Hall–Kier alpha value is -2.39. The van der Waals surface area contributed by atoms with E-state index in [4.69, 9.17) is 4.74 Å². The van der Waals surface area contributed by atoms with E-state index in [-0.39, 0.29) is 36.0 Å². The van der Waals surface area contributed by atoms with Gasteiger partial charge >= 0.3 is 5.97 Å². The molecule has 6 rings (SSSR count). The number of halogens is 1. The van der Waals surface area contributed by atoms with Crippen LogP contribution in [-0.4, -0.2) is 63.7 Å². The van der Waals surface area contributed by atoms with Crippen molar-refractivity contribution in [1.29, 1.82) is 0 Å². The average Bonchev–Trinajstić information content (AvgIpc) is 3.58. The van der Waals surface area contributed by atoms with Crippen LogP contribution in [0.1, 0.15) is 97.8 Å². The molecule has 0 spiro atoms. The molecule has 3 N–H and O–H groups in total. The van der Waals surface area contributed by atoms with E-state index >= 15 is 4.39 Å². The van der Waals surface area contributed by atoms with Crippen LogP contribution in [0.4, 0.5) is 4.39 Å². The number of fused-ring (bicyclic) bond motifs is 5. The van der Waals surface area contributed by atoms with E-state index in [2.05, 4.69) is 5.32 Å². The van der Waals surface area contributed by atoms with E-state index < -0.39 is 64.3 Å². The summed E-state index contributed by atoms with van der Waals surface area (Å²) in [6.45, 7) is 4.71. The molecular formula is C35H48FNO7. The molecule has 0 aliphatic heterocycles. The van der Waals surface area contributed by atoms with Gasteiger partial charge in [-0.05, 0) is 95.1 Å². The number of aliphatic hydroxyl groups excluding tert-OH is 1. The smallest absolute Gasteiger partial charge is 0.309 e. The topological polar surface area (TPSA) is 130 Å². The summed E-state index contributed by atoms with van der Waals surface area (Å²) in [5, 5.41) is 26.8. The number of Topliss-reactive ketones (excluding diaryl/α,β-unsaturated/α-hetero) is 1. The Morgan fingerprint density at radius 3 is 2.36 bits per heavy atom. The van der Waals surface area contributed by atoms with Crippen molar-refractivity contribution in [3.63, 3.8) is 0 Å². The molecule has 0 radical (unpaired) electrons. The number of esters is 1. The van der Waals surface area contributed by atoms with Crippen molar-refractivity contribution in [2.75, 3.05) is 6.61 Å². The largest absolute Gasteiger partial charge is 0.457 e. The summed E-state index contributed by atoms with van der Waals surface area (Å²) >= 11 is 0. The number of alkyl halides is 1. The van der Waals surface area contributed by atoms with Gasteiger partial charge in [0, 0.05) is 28.7 Å². The maximum atomic E-state index is 17.4. The first kappa shape index (κ1) is 31.6. The van der Waals surface area contributed by atoms with E-state index in [0.29, 0.717) is 50.5 Å². The van der Waals surface area contributed by atoms with Crippen LogP contribution in [0.15, 0.2) is 23.8 Å². The highest BCUT2D eigenvalue weighted by molar-refractivity contribution is 6.01. The number of carbonyl (C=O) groups is 4. The summed E-state index contributed by atoms with van der Waals surface area (Å²) in [4.78, 5) is 51.6. The molecule has 0 aromatic carbocycles. The zero-order valence-corrected chi connectivity index (χ0v) is 26.3. The molecule has 1 amide bonds. The number of rotatable bonds is 6. The predicted octanol–water partition coefficient (Wildman–Crippen LogP) is 4.31. The van der Waals surface area contributed by atoms with Crippen LogP contribution in [0.2, 0.25) is 0 Å². The summed E-state index contributed by atoms with van der Waals surface area (Å²) in [7, 11) is 0. The summed E-state index contributed by atoms with van der Waals surface area (Å²) in [5.74, 6) is -3.27. The zero-order valence-electron chi connectivity index (χ0n) is 26.3.